The van der Waals surface area contributed by atoms with E-state index in [4.69, 9.17) is 14.2 Å². The zero-order valence-corrected chi connectivity index (χ0v) is 16.4. The predicted molar refractivity (Wildman–Crippen MR) is 100 cm³/mol. The molecule has 0 N–H and O–H groups in total. The van der Waals surface area contributed by atoms with Crippen molar-refractivity contribution in [2.24, 2.45) is 0 Å². The molecule has 0 aliphatic rings. The van der Waals surface area contributed by atoms with Gasteiger partial charge in [-0.1, -0.05) is 28.1 Å². The number of carbonyl (C=O) groups excluding carboxylic acids is 1. The third-order valence-corrected chi connectivity index (χ3v) is 4.42. The van der Waals surface area contributed by atoms with Crippen LogP contribution in [0.4, 0.5) is 0 Å². The summed E-state index contributed by atoms with van der Waals surface area (Å²) in [5.74, 6) is 1.72. The first-order valence-electron chi connectivity index (χ1n) is 7.76. The fraction of sp³-hybridized carbons (Fsp3) is 0.316. The van der Waals surface area contributed by atoms with Crippen molar-refractivity contribution in [1.29, 1.82) is 0 Å². The molecule has 2 rings (SSSR count). The first kappa shape index (κ1) is 19.1. The van der Waals surface area contributed by atoms with Crippen LogP contribution in [0.1, 0.15) is 11.1 Å². The molecule has 5 nitrogen and oxygen atoms in total. The third kappa shape index (κ3) is 4.66. The molecule has 25 heavy (non-hydrogen) atoms. The maximum absolute atomic E-state index is 12.5. The van der Waals surface area contributed by atoms with Gasteiger partial charge < -0.3 is 19.1 Å². The van der Waals surface area contributed by atoms with Gasteiger partial charge in [0.2, 0.25) is 11.7 Å². The van der Waals surface area contributed by atoms with E-state index < -0.39 is 0 Å². The average Bonchev–Trinajstić information content (AvgIpc) is 2.62. The summed E-state index contributed by atoms with van der Waals surface area (Å²) in [4.78, 5) is 14.2. The van der Waals surface area contributed by atoms with Gasteiger partial charge in [0.25, 0.3) is 0 Å². The molecule has 0 aliphatic carbocycles. The number of carbonyl (C=O) groups is 1. The van der Waals surface area contributed by atoms with Crippen molar-refractivity contribution in [3.05, 3.63) is 52.0 Å². The van der Waals surface area contributed by atoms with E-state index in [1.165, 1.54) is 0 Å². The molecule has 2 aromatic carbocycles. The fourth-order valence-corrected chi connectivity index (χ4v) is 2.81. The first-order chi connectivity index (χ1) is 12.0. The summed E-state index contributed by atoms with van der Waals surface area (Å²) in [6.07, 6.45) is 0.347. The molecule has 0 spiro atoms. The van der Waals surface area contributed by atoms with Crippen LogP contribution in [0.3, 0.4) is 0 Å². The molecule has 0 aromatic heterocycles. The number of benzene rings is 2. The van der Waals surface area contributed by atoms with E-state index in [0.717, 1.165) is 15.6 Å². The fourth-order valence-electron chi connectivity index (χ4n) is 2.54. The van der Waals surface area contributed by atoms with Crippen LogP contribution in [-0.4, -0.2) is 39.2 Å². The van der Waals surface area contributed by atoms with Crippen molar-refractivity contribution in [3.63, 3.8) is 0 Å². The van der Waals surface area contributed by atoms with Gasteiger partial charge in [-0.25, -0.2) is 0 Å². The van der Waals surface area contributed by atoms with Gasteiger partial charge in [0.05, 0.1) is 27.8 Å². The van der Waals surface area contributed by atoms with Gasteiger partial charge in [-0.2, -0.15) is 0 Å². The van der Waals surface area contributed by atoms with E-state index >= 15 is 0 Å². The molecule has 0 radical (unpaired) electrons. The van der Waals surface area contributed by atoms with E-state index in [2.05, 4.69) is 15.9 Å². The lowest BCUT2D eigenvalue weighted by Crippen LogP contribution is -2.28. The molecule has 0 atom stereocenters. The summed E-state index contributed by atoms with van der Waals surface area (Å²) in [6.45, 7) is 0.416. The van der Waals surface area contributed by atoms with Crippen molar-refractivity contribution in [2.75, 3.05) is 28.4 Å². The maximum atomic E-state index is 12.5. The van der Waals surface area contributed by atoms with Crippen LogP contribution in [0.15, 0.2) is 40.9 Å². The first-order valence-corrected chi connectivity index (χ1v) is 8.55. The lowest BCUT2D eigenvalue weighted by atomic mass is 10.1. The molecule has 0 saturated carbocycles. The highest BCUT2D eigenvalue weighted by Crippen LogP contribution is 2.40. The minimum absolute atomic E-state index is 0.0270. The largest absolute Gasteiger partial charge is 0.493 e. The highest BCUT2D eigenvalue weighted by Gasteiger charge is 2.18. The van der Waals surface area contributed by atoms with Crippen LogP contribution in [0.2, 0.25) is 0 Å². The zero-order valence-electron chi connectivity index (χ0n) is 14.8. The number of rotatable bonds is 7. The Labute approximate surface area is 156 Å². The number of ether oxygens (including phenoxy) is 3. The quantitative estimate of drug-likeness (QED) is 0.702. The topological polar surface area (TPSA) is 48.0 Å². The second kappa shape index (κ2) is 8.76. The molecular weight excluding hydrogens is 386 g/mol. The zero-order chi connectivity index (χ0) is 18.4. The predicted octanol–water partition coefficient (Wildman–Crippen LogP) is 3.68. The SMILES string of the molecule is COc1ccc(CN(C)C(=O)Cc2ccc(Br)cc2)c(OC)c1OC. The van der Waals surface area contributed by atoms with Gasteiger partial charge >= 0.3 is 0 Å². The van der Waals surface area contributed by atoms with Crippen molar-refractivity contribution >= 4 is 21.8 Å². The van der Waals surface area contributed by atoms with Crippen LogP contribution >= 0.6 is 15.9 Å². The summed E-state index contributed by atoms with van der Waals surface area (Å²) in [5, 5.41) is 0. The monoisotopic (exact) mass is 407 g/mol. The highest BCUT2D eigenvalue weighted by molar-refractivity contribution is 9.10. The highest BCUT2D eigenvalue weighted by atomic mass is 79.9. The lowest BCUT2D eigenvalue weighted by molar-refractivity contribution is -0.129. The van der Waals surface area contributed by atoms with Crippen molar-refractivity contribution < 1.29 is 19.0 Å². The Hall–Kier alpha value is -2.21. The molecule has 0 heterocycles. The van der Waals surface area contributed by atoms with Crippen molar-refractivity contribution in [3.8, 4) is 17.2 Å². The van der Waals surface area contributed by atoms with Crippen LogP contribution < -0.4 is 14.2 Å². The molecular formula is C19H22BrNO4. The molecule has 0 saturated heterocycles. The van der Waals surface area contributed by atoms with E-state index in [0.29, 0.717) is 30.2 Å². The van der Waals surface area contributed by atoms with E-state index in [1.807, 2.05) is 36.4 Å². The van der Waals surface area contributed by atoms with Gasteiger partial charge in [-0.05, 0) is 29.8 Å². The van der Waals surface area contributed by atoms with Gasteiger partial charge in [0.15, 0.2) is 11.5 Å². The third-order valence-electron chi connectivity index (χ3n) is 3.89. The Morgan fingerprint density at radius 3 is 2.16 bits per heavy atom. The summed E-state index contributed by atoms with van der Waals surface area (Å²) in [5.41, 5.74) is 1.83. The van der Waals surface area contributed by atoms with E-state index in [9.17, 15) is 4.79 Å². The number of likely N-dealkylation sites (N-methyl/N-ethyl adjacent to an activating group) is 1. The Morgan fingerprint density at radius 2 is 1.60 bits per heavy atom. The molecule has 134 valence electrons. The number of amides is 1. The molecule has 0 bridgehead atoms. The van der Waals surface area contributed by atoms with Crippen LogP contribution in [-0.2, 0) is 17.8 Å². The van der Waals surface area contributed by atoms with Gasteiger partial charge in [-0.15, -0.1) is 0 Å². The Bertz CT molecular complexity index is 731. The Balaban J connectivity index is 2.15. The van der Waals surface area contributed by atoms with Crippen molar-refractivity contribution in [2.45, 2.75) is 13.0 Å². The van der Waals surface area contributed by atoms with Crippen LogP contribution in [0, 0.1) is 0 Å². The normalized spacial score (nSPS) is 10.3. The van der Waals surface area contributed by atoms with Crippen LogP contribution in [0.25, 0.3) is 0 Å². The second-order valence-electron chi connectivity index (χ2n) is 5.55. The number of hydrogen-bond donors (Lipinski definition) is 0. The summed E-state index contributed by atoms with van der Waals surface area (Å²) < 4.78 is 17.1. The minimum atomic E-state index is 0.0270. The second-order valence-corrected chi connectivity index (χ2v) is 6.46. The van der Waals surface area contributed by atoms with Gasteiger partial charge in [0.1, 0.15) is 0 Å². The minimum Gasteiger partial charge on any atom is -0.493 e. The number of hydrogen-bond acceptors (Lipinski definition) is 4. The summed E-state index contributed by atoms with van der Waals surface area (Å²) in [6, 6.07) is 11.4. The maximum Gasteiger partial charge on any atom is 0.227 e. The molecule has 0 fully saturated rings. The molecule has 0 aliphatic heterocycles. The Morgan fingerprint density at radius 1 is 0.960 bits per heavy atom. The number of nitrogens with zero attached hydrogens (tertiary/aromatic N) is 1. The van der Waals surface area contributed by atoms with E-state index in [-0.39, 0.29) is 5.91 Å². The lowest BCUT2D eigenvalue weighted by Gasteiger charge is -2.21. The average molecular weight is 408 g/mol. The van der Waals surface area contributed by atoms with E-state index in [1.54, 1.807) is 33.3 Å². The summed E-state index contributed by atoms with van der Waals surface area (Å²) in [7, 11) is 6.49. The molecule has 6 heteroatoms. The van der Waals surface area contributed by atoms with Gasteiger partial charge in [-0.3, -0.25) is 4.79 Å². The van der Waals surface area contributed by atoms with Gasteiger partial charge in [0, 0.05) is 23.6 Å². The smallest absolute Gasteiger partial charge is 0.227 e. The summed E-state index contributed by atoms with van der Waals surface area (Å²) >= 11 is 3.39. The molecule has 2 aromatic rings. The number of halogens is 1. The van der Waals surface area contributed by atoms with Crippen molar-refractivity contribution in [1.82, 2.24) is 4.90 Å². The number of methoxy groups -OCH3 is 3. The van der Waals surface area contributed by atoms with Crippen LogP contribution in [0.5, 0.6) is 17.2 Å². The standard InChI is InChI=1S/C19H22BrNO4/c1-21(17(22)11-13-5-8-15(20)9-6-13)12-14-7-10-16(23-2)19(25-4)18(14)24-3/h5-10H,11-12H2,1-4H3. The Kier molecular flexibility index (Phi) is 6.70. The molecule has 1 amide bonds. The molecule has 0 unspecified atom stereocenters.